The monoisotopic (exact) mass is 310 g/mol. The average molecular weight is 310 g/mol. The maximum absolute atomic E-state index is 12.8. The molecule has 1 fully saturated rings. The van der Waals surface area contributed by atoms with Crippen molar-refractivity contribution >= 4 is 5.91 Å². The molecule has 2 heterocycles. The van der Waals surface area contributed by atoms with Crippen LogP contribution in [0.15, 0.2) is 48.7 Å². The number of amides is 1. The van der Waals surface area contributed by atoms with E-state index in [-0.39, 0.29) is 11.9 Å². The van der Waals surface area contributed by atoms with Crippen molar-refractivity contribution in [2.75, 3.05) is 13.2 Å². The number of benzene rings is 1. The highest BCUT2D eigenvalue weighted by atomic mass is 16.5. The second-order valence-corrected chi connectivity index (χ2v) is 5.74. The molecule has 1 unspecified atom stereocenters. The Hall–Kier alpha value is -2.36. The van der Waals surface area contributed by atoms with Crippen LogP contribution >= 0.6 is 0 Å². The molecule has 0 aliphatic carbocycles. The molecular formula is C19H22N2O2. The van der Waals surface area contributed by atoms with Crippen LogP contribution in [0.1, 0.15) is 48.1 Å². The molecule has 0 radical (unpaired) electrons. The van der Waals surface area contributed by atoms with E-state index in [0.29, 0.717) is 12.5 Å². The van der Waals surface area contributed by atoms with Crippen LogP contribution in [0.5, 0.6) is 5.88 Å². The Labute approximate surface area is 137 Å². The Bertz CT molecular complexity index is 640. The number of likely N-dealkylation sites (tertiary alicyclic amines) is 1. The first kappa shape index (κ1) is 15.5. The van der Waals surface area contributed by atoms with Gasteiger partial charge in [-0.25, -0.2) is 4.98 Å². The molecule has 4 heteroatoms. The van der Waals surface area contributed by atoms with Crippen LogP contribution in [0.3, 0.4) is 0 Å². The van der Waals surface area contributed by atoms with E-state index in [1.807, 2.05) is 60.5 Å². The van der Waals surface area contributed by atoms with Gasteiger partial charge in [0, 0.05) is 24.4 Å². The van der Waals surface area contributed by atoms with E-state index in [4.69, 9.17) is 4.74 Å². The van der Waals surface area contributed by atoms with Crippen molar-refractivity contribution in [3.05, 3.63) is 59.8 Å². The lowest BCUT2D eigenvalue weighted by Crippen LogP contribution is -2.38. The average Bonchev–Trinajstić information content (AvgIpc) is 2.63. The topological polar surface area (TPSA) is 42.4 Å². The third-order valence-corrected chi connectivity index (χ3v) is 4.22. The van der Waals surface area contributed by atoms with Gasteiger partial charge in [0.15, 0.2) is 0 Å². The molecule has 23 heavy (non-hydrogen) atoms. The Morgan fingerprint density at radius 2 is 2.04 bits per heavy atom. The first-order valence-electron chi connectivity index (χ1n) is 8.24. The fraction of sp³-hybridized carbons (Fsp3) is 0.368. The number of hydrogen-bond donors (Lipinski definition) is 0. The third-order valence-electron chi connectivity index (χ3n) is 4.22. The molecule has 0 spiro atoms. The summed E-state index contributed by atoms with van der Waals surface area (Å²) < 4.78 is 5.40. The largest absolute Gasteiger partial charge is 0.478 e. The molecule has 120 valence electrons. The zero-order valence-electron chi connectivity index (χ0n) is 13.4. The van der Waals surface area contributed by atoms with Crippen LogP contribution in [-0.4, -0.2) is 28.9 Å². The molecule has 4 nitrogen and oxygen atoms in total. The van der Waals surface area contributed by atoms with E-state index in [1.165, 1.54) is 0 Å². The fourth-order valence-electron chi connectivity index (χ4n) is 3.09. The maximum atomic E-state index is 12.8. The summed E-state index contributed by atoms with van der Waals surface area (Å²) in [6, 6.07) is 13.5. The van der Waals surface area contributed by atoms with Gasteiger partial charge in [-0.05, 0) is 43.9 Å². The van der Waals surface area contributed by atoms with Gasteiger partial charge in [-0.15, -0.1) is 0 Å². The molecule has 3 rings (SSSR count). The van der Waals surface area contributed by atoms with Crippen LogP contribution in [0, 0.1) is 0 Å². The normalized spacial score (nSPS) is 17.8. The molecule has 0 saturated carbocycles. The number of nitrogens with zero attached hydrogens (tertiary/aromatic N) is 2. The number of aromatic nitrogens is 1. The molecule has 1 aliphatic rings. The molecule has 1 saturated heterocycles. The van der Waals surface area contributed by atoms with Crippen molar-refractivity contribution in [2.24, 2.45) is 0 Å². The fourth-order valence-corrected chi connectivity index (χ4v) is 3.09. The summed E-state index contributed by atoms with van der Waals surface area (Å²) in [5.41, 5.74) is 1.83. The lowest BCUT2D eigenvalue weighted by molar-refractivity contribution is 0.0611. The summed E-state index contributed by atoms with van der Waals surface area (Å²) in [7, 11) is 0. The van der Waals surface area contributed by atoms with Crippen LogP contribution in [0.4, 0.5) is 0 Å². The summed E-state index contributed by atoms with van der Waals surface area (Å²) in [5, 5.41) is 0. The molecule has 1 atom stereocenters. The van der Waals surface area contributed by atoms with Crippen molar-refractivity contribution in [1.29, 1.82) is 0 Å². The smallest absolute Gasteiger partial charge is 0.254 e. The van der Waals surface area contributed by atoms with Crippen LogP contribution in [-0.2, 0) is 0 Å². The summed E-state index contributed by atoms with van der Waals surface area (Å²) in [6.07, 6.45) is 5.01. The minimum atomic E-state index is 0.0969. The molecule has 2 aromatic rings. The van der Waals surface area contributed by atoms with Gasteiger partial charge in [0.25, 0.3) is 5.91 Å². The van der Waals surface area contributed by atoms with Crippen molar-refractivity contribution in [3.63, 3.8) is 0 Å². The lowest BCUT2D eigenvalue weighted by atomic mass is 9.95. The van der Waals surface area contributed by atoms with Gasteiger partial charge in [0.1, 0.15) is 0 Å². The van der Waals surface area contributed by atoms with E-state index in [9.17, 15) is 4.79 Å². The molecule has 0 bridgehead atoms. The summed E-state index contributed by atoms with van der Waals surface area (Å²) in [5.74, 6) is 0.734. The number of ether oxygens (including phenoxy) is 1. The van der Waals surface area contributed by atoms with Crippen LogP contribution < -0.4 is 4.74 Å². The van der Waals surface area contributed by atoms with Gasteiger partial charge in [0.2, 0.25) is 5.88 Å². The Balaban J connectivity index is 1.82. The Morgan fingerprint density at radius 1 is 1.22 bits per heavy atom. The Kier molecular flexibility index (Phi) is 4.91. The third kappa shape index (κ3) is 3.52. The highest BCUT2D eigenvalue weighted by Gasteiger charge is 2.28. The lowest BCUT2D eigenvalue weighted by Gasteiger charge is -2.36. The number of piperidine rings is 1. The molecule has 1 aliphatic heterocycles. The van der Waals surface area contributed by atoms with Gasteiger partial charge in [-0.3, -0.25) is 4.79 Å². The van der Waals surface area contributed by atoms with E-state index in [2.05, 4.69) is 4.98 Å². The van der Waals surface area contributed by atoms with E-state index >= 15 is 0 Å². The summed E-state index contributed by atoms with van der Waals surface area (Å²) in [4.78, 5) is 19.2. The Morgan fingerprint density at radius 3 is 2.74 bits per heavy atom. The highest BCUT2D eigenvalue weighted by Crippen LogP contribution is 2.32. The van der Waals surface area contributed by atoms with E-state index < -0.39 is 0 Å². The molecule has 0 N–H and O–H groups in total. The van der Waals surface area contributed by atoms with Gasteiger partial charge < -0.3 is 9.64 Å². The number of carbonyl (C=O) groups excluding carboxylic acids is 1. The van der Waals surface area contributed by atoms with Gasteiger partial charge >= 0.3 is 0 Å². The predicted molar refractivity (Wildman–Crippen MR) is 89.5 cm³/mol. The molecular weight excluding hydrogens is 288 g/mol. The van der Waals surface area contributed by atoms with E-state index in [1.54, 1.807) is 0 Å². The molecule has 1 amide bonds. The summed E-state index contributed by atoms with van der Waals surface area (Å²) in [6.45, 7) is 3.34. The minimum Gasteiger partial charge on any atom is -0.478 e. The van der Waals surface area contributed by atoms with Gasteiger partial charge in [0.05, 0.1) is 12.6 Å². The number of hydrogen-bond acceptors (Lipinski definition) is 3. The number of carbonyl (C=O) groups is 1. The second-order valence-electron chi connectivity index (χ2n) is 5.74. The van der Waals surface area contributed by atoms with Crippen LogP contribution in [0.25, 0.3) is 0 Å². The van der Waals surface area contributed by atoms with Crippen molar-refractivity contribution < 1.29 is 9.53 Å². The quantitative estimate of drug-likeness (QED) is 0.861. The van der Waals surface area contributed by atoms with Crippen LogP contribution in [0.2, 0.25) is 0 Å². The molecule has 1 aromatic carbocycles. The number of pyridine rings is 1. The van der Waals surface area contributed by atoms with Crippen molar-refractivity contribution in [1.82, 2.24) is 9.88 Å². The van der Waals surface area contributed by atoms with E-state index in [0.717, 1.165) is 36.9 Å². The zero-order valence-corrected chi connectivity index (χ0v) is 13.4. The predicted octanol–water partition coefficient (Wildman–Crippen LogP) is 3.85. The standard InChI is InChI=1S/C19H22N2O2/c1-2-23-18-12-11-16(14-20-18)17-10-6-7-13-21(17)19(22)15-8-4-3-5-9-15/h3-5,8-9,11-12,14,17H,2,6-7,10,13H2,1H3. The highest BCUT2D eigenvalue weighted by molar-refractivity contribution is 5.94. The number of rotatable bonds is 4. The first-order chi connectivity index (χ1) is 11.3. The van der Waals surface area contributed by atoms with Crippen molar-refractivity contribution in [3.8, 4) is 5.88 Å². The molecule has 1 aromatic heterocycles. The van der Waals surface area contributed by atoms with Crippen molar-refractivity contribution in [2.45, 2.75) is 32.2 Å². The van der Waals surface area contributed by atoms with Gasteiger partial charge in [-0.1, -0.05) is 24.3 Å². The maximum Gasteiger partial charge on any atom is 0.254 e. The first-order valence-corrected chi connectivity index (χ1v) is 8.24. The SMILES string of the molecule is CCOc1ccc(C2CCCCN2C(=O)c2ccccc2)cn1. The second kappa shape index (κ2) is 7.27. The van der Waals surface area contributed by atoms with Gasteiger partial charge in [-0.2, -0.15) is 0 Å². The zero-order chi connectivity index (χ0) is 16.1. The minimum absolute atomic E-state index is 0.0969. The summed E-state index contributed by atoms with van der Waals surface area (Å²) >= 11 is 0.